The maximum Gasteiger partial charge on any atom is 0.500 e. The number of hydrogen-bond acceptors (Lipinski definition) is 5. The van der Waals surface area contributed by atoms with E-state index in [1.807, 2.05) is 20.8 Å². The Kier molecular flexibility index (Phi) is 11.1. The fraction of sp³-hybridized carbons (Fsp3) is 0.923. The van der Waals surface area contributed by atoms with Crippen LogP contribution < -0.4 is 0 Å². The van der Waals surface area contributed by atoms with E-state index in [0.717, 1.165) is 18.9 Å². The molecule has 0 saturated heterocycles. The van der Waals surface area contributed by atoms with E-state index in [9.17, 15) is 4.79 Å². The fourth-order valence-corrected chi connectivity index (χ4v) is 4.42. The second-order valence-corrected chi connectivity index (χ2v) is 6.75. The van der Waals surface area contributed by atoms with Gasteiger partial charge in [-0.25, -0.2) is 0 Å². The van der Waals surface area contributed by atoms with Gasteiger partial charge in [-0.05, 0) is 33.6 Å². The first-order chi connectivity index (χ1) is 9.14. The number of esters is 1. The van der Waals surface area contributed by atoms with Crippen molar-refractivity contribution in [1.29, 1.82) is 0 Å². The van der Waals surface area contributed by atoms with Crippen molar-refractivity contribution < 1.29 is 22.8 Å². The lowest BCUT2D eigenvalue weighted by Crippen LogP contribution is -2.45. The molecular weight excluding hydrogens is 264 g/mol. The maximum atomic E-state index is 11.0. The topological polar surface area (TPSA) is 54.0 Å². The quantitative estimate of drug-likeness (QED) is 0.314. The molecule has 0 saturated carbocycles. The van der Waals surface area contributed by atoms with Crippen molar-refractivity contribution in [2.75, 3.05) is 26.4 Å². The molecule has 0 unspecified atom stereocenters. The lowest BCUT2D eigenvalue weighted by atomic mass is 10.3. The molecule has 0 atom stereocenters. The van der Waals surface area contributed by atoms with Gasteiger partial charge in [0.15, 0.2) is 0 Å². The lowest BCUT2D eigenvalue weighted by molar-refractivity contribution is -0.143. The zero-order valence-corrected chi connectivity index (χ0v) is 13.7. The van der Waals surface area contributed by atoms with Crippen molar-refractivity contribution in [3.8, 4) is 0 Å². The molecule has 0 bridgehead atoms. The molecule has 0 amide bonds. The molecule has 0 fully saturated rings. The maximum absolute atomic E-state index is 11.0. The third kappa shape index (κ3) is 8.36. The minimum atomic E-state index is -2.52. The van der Waals surface area contributed by atoms with Crippen molar-refractivity contribution in [1.82, 2.24) is 0 Å². The van der Waals surface area contributed by atoms with Crippen LogP contribution in [-0.2, 0) is 22.8 Å². The molecule has 0 aliphatic heterocycles. The Balaban J connectivity index is 4.06. The van der Waals surface area contributed by atoms with Crippen molar-refractivity contribution >= 4 is 14.8 Å². The van der Waals surface area contributed by atoms with Gasteiger partial charge in [0.2, 0.25) is 0 Å². The number of carbonyl (C=O) groups is 1. The van der Waals surface area contributed by atoms with Gasteiger partial charge in [0.25, 0.3) is 0 Å². The average Bonchev–Trinajstić information content (AvgIpc) is 2.39. The van der Waals surface area contributed by atoms with Gasteiger partial charge in [0.1, 0.15) is 0 Å². The monoisotopic (exact) mass is 292 g/mol. The van der Waals surface area contributed by atoms with E-state index in [-0.39, 0.29) is 5.97 Å². The molecule has 0 N–H and O–H groups in total. The van der Waals surface area contributed by atoms with Crippen LogP contribution in [0.5, 0.6) is 0 Å². The predicted molar refractivity (Wildman–Crippen MR) is 75.9 cm³/mol. The van der Waals surface area contributed by atoms with Crippen LogP contribution in [0.25, 0.3) is 0 Å². The first-order valence-corrected chi connectivity index (χ1v) is 9.14. The summed E-state index contributed by atoms with van der Waals surface area (Å²) in [4.78, 5) is 11.0. The molecule has 0 rings (SSSR count). The van der Waals surface area contributed by atoms with Crippen LogP contribution >= 0.6 is 0 Å². The van der Waals surface area contributed by atoms with Crippen molar-refractivity contribution in [2.45, 2.75) is 53.0 Å². The molecule has 6 heteroatoms. The van der Waals surface area contributed by atoms with Gasteiger partial charge >= 0.3 is 14.8 Å². The van der Waals surface area contributed by atoms with Crippen LogP contribution in [0.15, 0.2) is 0 Å². The molecule has 0 aromatic heterocycles. The molecule has 0 radical (unpaired) electrons. The molecule has 0 aromatic rings. The normalized spacial score (nSPS) is 11.6. The van der Waals surface area contributed by atoms with Crippen molar-refractivity contribution in [3.05, 3.63) is 0 Å². The van der Waals surface area contributed by atoms with Crippen LogP contribution in [0.4, 0.5) is 0 Å². The molecule has 0 aliphatic carbocycles. The number of unbranched alkanes of at least 4 members (excludes halogenated alkanes) is 1. The molecule has 5 nitrogen and oxygen atoms in total. The van der Waals surface area contributed by atoms with Crippen LogP contribution in [0.1, 0.15) is 47.0 Å². The third-order valence-electron chi connectivity index (χ3n) is 2.52. The van der Waals surface area contributed by atoms with E-state index in [1.54, 1.807) is 6.92 Å². The molecule has 0 spiro atoms. The van der Waals surface area contributed by atoms with E-state index in [4.69, 9.17) is 18.0 Å². The zero-order valence-electron chi connectivity index (χ0n) is 12.7. The SMILES string of the molecule is CCO[Si](CCCCOC(=O)CC)(OCC)OCC. The smallest absolute Gasteiger partial charge is 0.466 e. The summed E-state index contributed by atoms with van der Waals surface area (Å²) in [5, 5.41) is 0. The highest BCUT2D eigenvalue weighted by atomic mass is 28.4. The summed E-state index contributed by atoms with van der Waals surface area (Å²) >= 11 is 0. The summed E-state index contributed by atoms with van der Waals surface area (Å²) < 4.78 is 22.3. The average molecular weight is 292 g/mol. The van der Waals surface area contributed by atoms with Gasteiger partial charge in [-0.3, -0.25) is 4.79 Å². The van der Waals surface area contributed by atoms with Crippen LogP contribution in [-0.4, -0.2) is 41.2 Å². The van der Waals surface area contributed by atoms with Gasteiger partial charge in [-0.1, -0.05) is 6.92 Å². The second kappa shape index (κ2) is 11.4. The lowest BCUT2D eigenvalue weighted by Gasteiger charge is -2.28. The van der Waals surface area contributed by atoms with Crippen molar-refractivity contribution in [2.24, 2.45) is 0 Å². The molecule has 19 heavy (non-hydrogen) atoms. The van der Waals surface area contributed by atoms with Crippen LogP contribution in [0, 0.1) is 0 Å². The summed E-state index contributed by atoms with van der Waals surface area (Å²) in [6.45, 7) is 9.88. The number of ether oxygens (including phenoxy) is 1. The number of hydrogen-bond donors (Lipinski definition) is 0. The molecular formula is C13H28O5Si. The third-order valence-corrected chi connectivity index (χ3v) is 5.67. The standard InChI is InChI=1S/C13H28O5Si/c1-5-13(14)15-11-9-10-12-19(16-6-2,17-7-3)18-8-4/h5-12H2,1-4H3. The Labute approximate surface area is 117 Å². The molecule has 114 valence electrons. The first kappa shape index (κ1) is 18.6. The van der Waals surface area contributed by atoms with E-state index in [1.165, 1.54) is 0 Å². The number of carbonyl (C=O) groups excluding carboxylic acids is 1. The summed E-state index contributed by atoms with van der Waals surface area (Å²) in [6.07, 6.45) is 2.12. The van der Waals surface area contributed by atoms with E-state index >= 15 is 0 Å². The number of rotatable bonds is 12. The van der Waals surface area contributed by atoms with E-state index < -0.39 is 8.80 Å². The highest BCUT2D eigenvalue weighted by Gasteiger charge is 2.39. The summed E-state index contributed by atoms with van der Waals surface area (Å²) in [7, 11) is -2.52. The minimum absolute atomic E-state index is 0.150. The minimum Gasteiger partial charge on any atom is -0.466 e. The van der Waals surface area contributed by atoms with E-state index in [0.29, 0.717) is 32.8 Å². The summed E-state index contributed by atoms with van der Waals surface area (Å²) in [5.74, 6) is -0.150. The molecule has 0 aromatic carbocycles. The Hall–Kier alpha value is -0.433. The Bertz CT molecular complexity index is 218. The van der Waals surface area contributed by atoms with Gasteiger partial charge < -0.3 is 18.0 Å². The predicted octanol–water partition coefficient (Wildman–Crippen LogP) is 2.77. The van der Waals surface area contributed by atoms with Gasteiger partial charge in [0.05, 0.1) is 6.61 Å². The Morgan fingerprint density at radius 3 is 1.84 bits per heavy atom. The van der Waals surface area contributed by atoms with Gasteiger partial charge in [0, 0.05) is 32.3 Å². The fourth-order valence-electron chi connectivity index (χ4n) is 1.73. The highest BCUT2D eigenvalue weighted by molar-refractivity contribution is 6.60. The van der Waals surface area contributed by atoms with Crippen LogP contribution in [0.3, 0.4) is 0 Å². The summed E-state index contributed by atoms with van der Waals surface area (Å²) in [5.41, 5.74) is 0. The van der Waals surface area contributed by atoms with E-state index in [2.05, 4.69) is 0 Å². The molecule has 0 heterocycles. The van der Waals surface area contributed by atoms with Crippen molar-refractivity contribution in [3.63, 3.8) is 0 Å². The first-order valence-electron chi connectivity index (χ1n) is 7.21. The zero-order chi connectivity index (χ0) is 14.6. The van der Waals surface area contributed by atoms with Crippen LogP contribution in [0.2, 0.25) is 6.04 Å². The largest absolute Gasteiger partial charge is 0.500 e. The van der Waals surface area contributed by atoms with Gasteiger partial charge in [-0.15, -0.1) is 0 Å². The summed E-state index contributed by atoms with van der Waals surface area (Å²) in [6, 6.07) is 0.770. The molecule has 0 aliphatic rings. The second-order valence-electron chi connectivity index (χ2n) is 4.01. The van der Waals surface area contributed by atoms with Gasteiger partial charge in [-0.2, -0.15) is 0 Å². The Morgan fingerprint density at radius 2 is 1.42 bits per heavy atom. The Morgan fingerprint density at radius 1 is 0.895 bits per heavy atom. The highest BCUT2D eigenvalue weighted by Crippen LogP contribution is 2.19.